The SMILES string of the molecule is C=C(C)[C@@H](OO)[C@H](O)CCCC. The highest BCUT2D eigenvalue weighted by Crippen LogP contribution is 2.13. The minimum Gasteiger partial charge on any atom is -0.390 e. The molecule has 0 heterocycles. The molecule has 0 aromatic heterocycles. The average molecular weight is 174 g/mol. The van der Waals surface area contributed by atoms with Crippen LogP contribution in [0.15, 0.2) is 12.2 Å². The van der Waals surface area contributed by atoms with E-state index in [1.165, 1.54) is 0 Å². The molecule has 0 spiro atoms. The molecule has 0 bridgehead atoms. The Bertz CT molecular complexity index is 134. The second kappa shape index (κ2) is 6.17. The Balaban J connectivity index is 3.85. The summed E-state index contributed by atoms with van der Waals surface area (Å²) in [4.78, 5) is 4.12. The predicted molar refractivity (Wildman–Crippen MR) is 47.8 cm³/mol. The highest BCUT2D eigenvalue weighted by molar-refractivity contribution is 5.00. The van der Waals surface area contributed by atoms with E-state index in [2.05, 4.69) is 11.5 Å². The van der Waals surface area contributed by atoms with Crippen LogP contribution in [0.25, 0.3) is 0 Å². The van der Waals surface area contributed by atoms with Crippen molar-refractivity contribution in [2.75, 3.05) is 0 Å². The van der Waals surface area contributed by atoms with Crippen LogP contribution >= 0.6 is 0 Å². The summed E-state index contributed by atoms with van der Waals surface area (Å²) >= 11 is 0. The molecule has 0 saturated carbocycles. The number of rotatable bonds is 6. The first kappa shape index (κ1) is 11.6. The molecule has 3 heteroatoms. The van der Waals surface area contributed by atoms with Gasteiger partial charge < -0.3 is 5.11 Å². The molecule has 72 valence electrons. The molecule has 0 aliphatic heterocycles. The molecule has 0 saturated heterocycles. The van der Waals surface area contributed by atoms with Gasteiger partial charge in [-0.3, -0.25) is 5.26 Å². The van der Waals surface area contributed by atoms with Crippen LogP contribution in [-0.4, -0.2) is 22.6 Å². The van der Waals surface area contributed by atoms with Crippen LogP contribution < -0.4 is 0 Å². The number of aliphatic hydroxyl groups is 1. The first-order chi connectivity index (χ1) is 5.63. The van der Waals surface area contributed by atoms with Gasteiger partial charge in [-0.1, -0.05) is 26.3 Å². The average Bonchev–Trinajstić information content (AvgIpc) is 2.01. The quantitative estimate of drug-likeness (QED) is 0.368. The van der Waals surface area contributed by atoms with Crippen molar-refractivity contribution >= 4 is 0 Å². The maximum absolute atomic E-state index is 9.46. The Kier molecular flexibility index (Phi) is 5.98. The maximum Gasteiger partial charge on any atom is 0.139 e. The van der Waals surface area contributed by atoms with Crippen molar-refractivity contribution < 1.29 is 15.3 Å². The third kappa shape index (κ3) is 3.85. The summed E-state index contributed by atoms with van der Waals surface area (Å²) in [5.41, 5.74) is 0.640. The lowest BCUT2D eigenvalue weighted by Crippen LogP contribution is -2.28. The van der Waals surface area contributed by atoms with Gasteiger partial charge in [0.05, 0.1) is 6.10 Å². The smallest absolute Gasteiger partial charge is 0.139 e. The fourth-order valence-corrected chi connectivity index (χ4v) is 1.05. The van der Waals surface area contributed by atoms with Crippen LogP contribution in [0.1, 0.15) is 33.1 Å². The fraction of sp³-hybridized carbons (Fsp3) is 0.778. The van der Waals surface area contributed by atoms with Crippen molar-refractivity contribution in [3.05, 3.63) is 12.2 Å². The van der Waals surface area contributed by atoms with Crippen LogP contribution in [0.4, 0.5) is 0 Å². The van der Waals surface area contributed by atoms with Crippen LogP contribution in [0.5, 0.6) is 0 Å². The summed E-state index contributed by atoms with van der Waals surface area (Å²) in [6.07, 6.45) is 1.29. The highest BCUT2D eigenvalue weighted by Gasteiger charge is 2.19. The minimum absolute atomic E-state index is 0.634. The van der Waals surface area contributed by atoms with Crippen LogP contribution in [0.2, 0.25) is 0 Å². The molecule has 0 aliphatic carbocycles. The molecule has 3 nitrogen and oxygen atoms in total. The van der Waals surface area contributed by atoms with Gasteiger partial charge in [-0.25, -0.2) is 4.89 Å². The fourth-order valence-electron chi connectivity index (χ4n) is 1.05. The number of unbranched alkanes of at least 4 members (excludes halogenated alkanes) is 1. The predicted octanol–water partition coefficient (Wildman–Crippen LogP) is 1.97. The van der Waals surface area contributed by atoms with Gasteiger partial charge in [-0.2, -0.15) is 0 Å². The summed E-state index contributed by atoms with van der Waals surface area (Å²) in [5.74, 6) is 0. The van der Waals surface area contributed by atoms with Crippen molar-refractivity contribution in [3.63, 3.8) is 0 Å². The van der Waals surface area contributed by atoms with Gasteiger partial charge in [0.2, 0.25) is 0 Å². The van der Waals surface area contributed by atoms with E-state index in [0.717, 1.165) is 12.8 Å². The van der Waals surface area contributed by atoms with E-state index in [1.807, 2.05) is 6.92 Å². The van der Waals surface area contributed by atoms with Gasteiger partial charge in [0.25, 0.3) is 0 Å². The van der Waals surface area contributed by atoms with Crippen molar-refractivity contribution in [1.29, 1.82) is 0 Å². The summed E-state index contributed by atoms with van der Waals surface area (Å²) in [5, 5.41) is 17.9. The van der Waals surface area contributed by atoms with E-state index in [0.29, 0.717) is 12.0 Å². The maximum atomic E-state index is 9.46. The van der Waals surface area contributed by atoms with E-state index >= 15 is 0 Å². The van der Waals surface area contributed by atoms with Crippen LogP contribution in [-0.2, 0) is 4.89 Å². The topological polar surface area (TPSA) is 49.7 Å². The third-order valence-electron chi connectivity index (χ3n) is 1.80. The van der Waals surface area contributed by atoms with E-state index in [-0.39, 0.29) is 0 Å². The normalized spacial score (nSPS) is 15.7. The Morgan fingerprint density at radius 2 is 2.17 bits per heavy atom. The molecule has 2 atom stereocenters. The first-order valence-electron chi connectivity index (χ1n) is 4.27. The molecular formula is C9H18O3. The van der Waals surface area contributed by atoms with Gasteiger partial charge in [-0.15, -0.1) is 0 Å². The summed E-state index contributed by atoms with van der Waals surface area (Å²) in [7, 11) is 0. The van der Waals surface area contributed by atoms with Crippen molar-refractivity contribution in [3.8, 4) is 0 Å². The third-order valence-corrected chi connectivity index (χ3v) is 1.80. The molecule has 0 aromatic carbocycles. The molecule has 0 fully saturated rings. The Labute approximate surface area is 73.6 Å². The summed E-state index contributed by atoms with van der Waals surface area (Å²) in [6.45, 7) is 7.37. The highest BCUT2D eigenvalue weighted by atomic mass is 17.1. The second-order valence-corrected chi connectivity index (χ2v) is 3.08. The van der Waals surface area contributed by atoms with Crippen molar-refractivity contribution in [1.82, 2.24) is 0 Å². The Hall–Kier alpha value is -0.380. The lowest BCUT2D eigenvalue weighted by Gasteiger charge is -2.19. The van der Waals surface area contributed by atoms with Gasteiger partial charge in [0.1, 0.15) is 6.10 Å². The zero-order valence-corrected chi connectivity index (χ0v) is 7.79. The van der Waals surface area contributed by atoms with Gasteiger partial charge >= 0.3 is 0 Å². The molecule has 0 rings (SSSR count). The van der Waals surface area contributed by atoms with E-state index in [4.69, 9.17) is 5.26 Å². The van der Waals surface area contributed by atoms with Gasteiger partial charge in [0.15, 0.2) is 0 Å². The minimum atomic E-state index is -0.646. The number of aliphatic hydroxyl groups excluding tert-OH is 1. The monoisotopic (exact) mass is 174 g/mol. The van der Waals surface area contributed by atoms with Crippen molar-refractivity contribution in [2.24, 2.45) is 0 Å². The second-order valence-electron chi connectivity index (χ2n) is 3.08. The standard InChI is InChI=1S/C9H18O3/c1-4-5-6-8(10)9(12-11)7(2)3/h8-11H,2,4-6H2,1,3H3/t8-,9-/m1/s1. The van der Waals surface area contributed by atoms with E-state index < -0.39 is 12.2 Å². The molecule has 0 amide bonds. The lowest BCUT2D eigenvalue weighted by molar-refractivity contribution is -0.286. The zero-order chi connectivity index (χ0) is 9.56. The van der Waals surface area contributed by atoms with E-state index in [1.54, 1.807) is 6.92 Å². The molecule has 0 radical (unpaired) electrons. The Morgan fingerprint density at radius 3 is 2.50 bits per heavy atom. The van der Waals surface area contributed by atoms with E-state index in [9.17, 15) is 5.11 Å². The number of hydrogen-bond donors (Lipinski definition) is 2. The lowest BCUT2D eigenvalue weighted by atomic mass is 10.0. The molecule has 0 unspecified atom stereocenters. The van der Waals surface area contributed by atoms with Gasteiger partial charge in [-0.05, 0) is 18.9 Å². The zero-order valence-electron chi connectivity index (χ0n) is 7.79. The van der Waals surface area contributed by atoms with Crippen LogP contribution in [0, 0.1) is 0 Å². The summed E-state index contributed by atoms with van der Waals surface area (Å²) in [6, 6.07) is 0. The molecule has 2 N–H and O–H groups in total. The number of hydrogen-bond acceptors (Lipinski definition) is 3. The molecular weight excluding hydrogens is 156 g/mol. The van der Waals surface area contributed by atoms with Crippen molar-refractivity contribution in [2.45, 2.75) is 45.3 Å². The largest absolute Gasteiger partial charge is 0.390 e. The summed E-state index contributed by atoms with van der Waals surface area (Å²) < 4.78 is 0. The van der Waals surface area contributed by atoms with Gasteiger partial charge in [0, 0.05) is 0 Å². The molecule has 0 aromatic rings. The van der Waals surface area contributed by atoms with Crippen LogP contribution in [0.3, 0.4) is 0 Å². The molecule has 0 aliphatic rings. The molecule has 12 heavy (non-hydrogen) atoms. The first-order valence-corrected chi connectivity index (χ1v) is 4.27. The Morgan fingerprint density at radius 1 is 1.58 bits per heavy atom.